The molecule has 2 aromatic rings. The number of pyridine rings is 1. The van der Waals surface area contributed by atoms with Crippen LogP contribution in [0.1, 0.15) is 16.8 Å². The van der Waals surface area contributed by atoms with E-state index in [9.17, 15) is 0 Å². The molecule has 1 aliphatic heterocycles. The number of nitrogens with two attached hydrogens (primary N) is 1. The molecule has 0 saturated carbocycles. The van der Waals surface area contributed by atoms with Gasteiger partial charge < -0.3 is 11.2 Å². The molecule has 0 bridgehead atoms. The lowest BCUT2D eigenvalue weighted by molar-refractivity contribution is 0.744. The first-order valence-electron chi connectivity index (χ1n) is 6.43. The van der Waals surface area contributed by atoms with Crippen LogP contribution in [0.4, 0.5) is 0 Å². The number of rotatable bonds is 4. The highest BCUT2D eigenvalue weighted by Crippen LogP contribution is 2.15. The summed E-state index contributed by atoms with van der Waals surface area (Å²) in [6.07, 6.45) is 1.76. The van der Waals surface area contributed by atoms with Crippen molar-refractivity contribution in [3.05, 3.63) is 65.5 Å². The summed E-state index contributed by atoms with van der Waals surface area (Å²) in [6, 6.07) is 13.9. The van der Waals surface area contributed by atoms with Gasteiger partial charge in [-0.15, -0.1) is 0 Å². The molecule has 5 nitrogen and oxygen atoms in total. The molecule has 1 aliphatic rings. The summed E-state index contributed by atoms with van der Waals surface area (Å²) in [5.74, 6) is 0.396. The molecule has 0 atom stereocenters. The average Bonchev–Trinajstić information content (AvgIpc) is 2.92. The highest BCUT2D eigenvalue weighted by atomic mass is 15.3. The molecule has 0 aliphatic carbocycles. The topological polar surface area (TPSA) is 75.7 Å². The van der Waals surface area contributed by atoms with Gasteiger partial charge in [0.1, 0.15) is 5.71 Å². The fourth-order valence-electron chi connectivity index (χ4n) is 2.10. The van der Waals surface area contributed by atoms with Gasteiger partial charge in [-0.2, -0.15) is 5.10 Å². The van der Waals surface area contributed by atoms with E-state index in [0.717, 1.165) is 16.8 Å². The van der Waals surface area contributed by atoms with E-state index >= 15 is 0 Å². The Morgan fingerprint density at radius 2 is 2.05 bits per heavy atom. The van der Waals surface area contributed by atoms with E-state index in [4.69, 9.17) is 5.73 Å². The van der Waals surface area contributed by atoms with Crippen LogP contribution in [0.3, 0.4) is 0 Å². The third kappa shape index (κ3) is 2.51. The van der Waals surface area contributed by atoms with Gasteiger partial charge >= 0.3 is 0 Å². The van der Waals surface area contributed by atoms with E-state index in [0.29, 0.717) is 24.6 Å². The molecule has 3 rings (SSSR count). The summed E-state index contributed by atoms with van der Waals surface area (Å²) in [6.45, 7) is 1.20. The van der Waals surface area contributed by atoms with Crippen LogP contribution < -0.4 is 11.2 Å². The van der Waals surface area contributed by atoms with Crippen LogP contribution >= 0.6 is 0 Å². The SMILES string of the molecule is NC(=NNCc1ccccc1)C1=NCc2ncccc21. The highest BCUT2D eigenvalue weighted by molar-refractivity contribution is 6.47. The summed E-state index contributed by atoms with van der Waals surface area (Å²) < 4.78 is 0. The molecular weight excluding hydrogens is 250 g/mol. The zero-order valence-corrected chi connectivity index (χ0v) is 11.0. The van der Waals surface area contributed by atoms with Crippen molar-refractivity contribution in [2.75, 3.05) is 0 Å². The van der Waals surface area contributed by atoms with Crippen LogP contribution in [-0.2, 0) is 13.1 Å². The fourth-order valence-corrected chi connectivity index (χ4v) is 2.10. The number of benzene rings is 1. The first-order chi connectivity index (χ1) is 9.84. The van der Waals surface area contributed by atoms with Gasteiger partial charge in [0.25, 0.3) is 0 Å². The highest BCUT2D eigenvalue weighted by Gasteiger charge is 2.19. The zero-order valence-electron chi connectivity index (χ0n) is 11.0. The molecule has 1 aromatic carbocycles. The van der Waals surface area contributed by atoms with E-state index in [2.05, 4.69) is 20.5 Å². The van der Waals surface area contributed by atoms with Crippen molar-refractivity contribution in [2.45, 2.75) is 13.1 Å². The number of nitrogens with one attached hydrogen (secondary N) is 1. The Labute approximate surface area is 117 Å². The number of hydrazone groups is 1. The van der Waals surface area contributed by atoms with Crippen LogP contribution in [0.2, 0.25) is 0 Å². The Morgan fingerprint density at radius 1 is 1.20 bits per heavy atom. The van der Waals surface area contributed by atoms with Crippen molar-refractivity contribution >= 4 is 11.5 Å². The first kappa shape index (κ1) is 12.3. The van der Waals surface area contributed by atoms with Crippen molar-refractivity contribution in [3.63, 3.8) is 0 Å². The Balaban J connectivity index is 1.68. The third-order valence-corrected chi connectivity index (χ3v) is 3.10. The minimum absolute atomic E-state index is 0.396. The van der Waals surface area contributed by atoms with Gasteiger partial charge in [-0.05, 0) is 17.7 Å². The molecule has 0 unspecified atom stereocenters. The largest absolute Gasteiger partial charge is 0.380 e. The lowest BCUT2D eigenvalue weighted by atomic mass is 10.1. The smallest absolute Gasteiger partial charge is 0.169 e. The van der Waals surface area contributed by atoms with Crippen molar-refractivity contribution in [1.29, 1.82) is 0 Å². The predicted molar refractivity (Wildman–Crippen MR) is 79.4 cm³/mol. The van der Waals surface area contributed by atoms with Gasteiger partial charge in [-0.3, -0.25) is 9.98 Å². The van der Waals surface area contributed by atoms with Gasteiger partial charge in [-0.25, -0.2) is 0 Å². The molecule has 3 N–H and O–H groups in total. The fraction of sp³-hybridized carbons (Fsp3) is 0.133. The van der Waals surface area contributed by atoms with E-state index in [1.807, 2.05) is 42.5 Å². The van der Waals surface area contributed by atoms with Gasteiger partial charge in [0.2, 0.25) is 0 Å². The molecule has 5 heteroatoms. The molecule has 20 heavy (non-hydrogen) atoms. The molecule has 0 spiro atoms. The van der Waals surface area contributed by atoms with E-state index in [1.54, 1.807) is 6.20 Å². The number of amidine groups is 1. The maximum absolute atomic E-state index is 5.99. The van der Waals surface area contributed by atoms with Gasteiger partial charge in [-0.1, -0.05) is 30.3 Å². The van der Waals surface area contributed by atoms with Gasteiger partial charge in [0, 0.05) is 11.8 Å². The van der Waals surface area contributed by atoms with E-state index < -0.39 is 0 Å². The van der Waals surface area contributed by atoms with Gasteiger partial charge in [0.15, 0.2) is 5.84 Å². The van der Waals surface area contributed by atoms with Crippen LogP contribution in [0, 0.1) is 0 Å². The van der Waals surface area contributed by atoms with Crippen molar-refractivity contribution in [1.82, 2.24) is 10.4 Å². The molecule has 0 fully saturated rings. The summed E-state index contributed by atoms with van der Waals surface area (Å²) in [7, 11) is 0. The van der Waals surface area contributed by atoms with Crippen molar-refractivity contribution in [2.24, 2.45) is 15.8 Å². The Kier molecular flexibility index (Phi) is 3.41. The van der Waals surface area contributed by atoms with Crippen LogP contribution in [0.25, 0.3) is 0 Å². The first-order valence-corrected chi connectivity index (χ1v) is 6.43. The zero-order chi connectivity index (χ0) is 13.8. The second kappa shape index (κ2) is 5.52. The molecule has 0 amide bonds. The maximum Gasteiger partial charge on any atom is 0.169 e. The Hall–Kier alpha value is -2.69. The maximum atomic E-state index is 5.99. The quantitative estimate of drug-likeness (QED) is 0.499. The molecule has 1 aromatic heterocycles. The molecule has 0 saturated heterocycles. The van der Waals surface area contributed by atoms with Crippen molar-refractivity contribution < 1.29 is 0 Å². The Morgan fingerprint density at radius 3 is 2.90 bits per heavy atom. The van der Waals surface area contributed by atoms with Crippen molar-refractivity contribution in [3.8, 4) is 0 Å². The standard InChI is InChI=1S/C15H15N5/c16-15(20-19-9-11-5-2-1-3-6-11)14-12-7-4-8-17-13(12)10-18-14/h1-8,19H,9-10H2,(H2,16,20). The van der Waals surface area contributed by atoms with Crippen LogP contribution in [-0.4, -0.2) is 16.5 Å². The summed E-state index contributed by atoms with van der Waals surface area (Å²) in [4.78, 5) is 8.66. The van der Waals surface area contributed by atoms with E-state index in [-0.39, 0.29) is 0 Å². The summed E-state index contributed by atoms with van der Waals surface area (Å²) in [5.41, 5.74) is 12.7. The number of aliphatic imine (C=N–C) groups is 1. The van der Waals surface area contributed by atoms with Gasteiger partial charge in [0.05, 0.1) is 18.8 Å². The van der Waals surface area contributed by atoms with Crippen LogP contribution in [0.5, 0.6) is 0 Å². The lowest BCUT2D eigenvalue weighted by Gasteiger charge is -2.04. The third-order valence-electron chi connectivity index (χ3n) is 3.10. The predicted octanol–water partition coefficient (Wildman–Crippen LogP) is 1.45. The monoisotopic (exact) mass is 265 g/mol. The normalized spacial score (nSPS) is 13.8. The second-order valence-corrected chi connectivity index (χ2v) is 4.48. The minimum Gasteiger partial charge on any atom is -0.380 e. The number of nitrogens with zero attached hydrogens (tertiary/aromatic N) is 3. The minimum atomic E-state index is 0.396. The Bertz CT molecular complexity index is 661. The second-order valence-electron chi connectivity index (χ2n) is 4.48. The molecule has 2 heterocycles. The molecular formula is C15H15N5. The number of fused-ring (bicyclic) bond motifs is 1. The molecule has 100 valence electrons. The summed E-state index contributed by atoms with van der Waals surface area (Å²) in [5, 5.41) is 4.19. The van der Waals surface area contributed by atoms with Crippen LogP contribution in [0.15, 0.2) is 58.8 Å². The number of hydrogen-bond donors (Lipinski definition) is 2. The lowest BCUT2D eigenvalue weighted by Crippen LogP contribution is -2.27. The molecule has 0 radical (unpaired) electrons. The van der Waals surface area contributed by atoms with E-state index in [1.165, 1.54) is 0 Å². The number of hydrogen-bond acceptors (Lipinski definition) is 4. The summed E-state index contributed by atoms with van der Waals surface area (Å²) >= 11 is 0. The number of aromatic nitrogens is 1. The average molecular weight is 265 g/mol.